The first-order chi connectivity index (χ1) is 11.7. The van der Waals surface area contributed by atoms with Gasteiger partial charge in [0.1, 0.15) is 5.75 Å². The molecule has 3 rings (SSSR count). The average Bonchev–Trinajstić information content (AvgIpc) is 3.07. The SMILES string of the molecule is C[C@@H](Oc1cccc(C#N)c1)C(=O)NCc1ccc2c(c1)OCO2. The van der Waals surface area contributed by atoms with Gasteiger partial charge in [0.25, 0.3) is 5.91 Å². The number of hydrogen-bond acceptors (Lipinski definition) is 5. The lowest BCUT2D eigenvalue weighted by Gasteiger charge is -2.15. The van der Waals surface area contributed by atoms with Gasteiger partial charge in [-0.3, -0.25) is 4.79 Å². The lowest BCUT2D eigenvalue weighted by atomic mass is 10.2. The van der Waals surface area contributed by atoms with Crippen LogP contribution in [-0.4, -0.2) is 18.8 Å². The molecule has 1 heterocycles. The molecule has 0 fully saturated rings. The zero-order valence-electron chi connectivity index (χ0n) is 13.1. The van der Waals surface area contributed by atoms with E-state index in [9.17, 15) is 4.79 Å². The Morgan fingerprint density at radius 2 is 2.12 bits per heavy atom. The van der Waals surface area contributed by atoms with Crippen LogP contribution in [0.25, 0.3) is 0 Å². The van der Waals surface area contributed by atoms with Crippen LogP contribution in [0.1, 0.15) is 18.1 Å². The number of benzene rings is 2. The summed E-state index contributed by atoms with van der Waals surface area (Å²) in [4.78, 5) is 12.2. The van der Waals surface area contributed by atoms with Crippen molar-refractivity contribution in [3.8, 4) is 23.3 Å². The number of nitrogens with zero attached hydrogens (tertiary/aromatic N) is 1. The molecular formula is C18H16N2O4. The average molecular weight is 324 g/mol. The minimum absolute atomic E-state index is 0.220. The molecule has 0 aromatic heterocycles. The molecule has 0 spiro atoms. The van der Waals surface area contributed by atoms with Crippen LogP contribution in [0.5, 0.6) is 17.2 Å². The van der Waals surface area contributed by atoms with Gasteiger partial charge in [-0.2, -0.15) is 5.26 Å². The molecule has 0 saturated carbocycles. The van der Waals surface area contributed by atoms with Crippen molar-refractivity contribution >= 4 is 5.91 Å². The maximum absolute atomic E-state index is 12.2. The lowest BCUT2D eigenvalue weighted by Crippen LogP contribution is -2.35. The van der Waals surface area contributed by atoms with E-state index >= 15 is 0 Å². The molecule has 2 aromatic rings. The summed E-state index contributed by atoms with van der Waals surface area (Å²) in [5, 5.41) is 11.7. The Kier molecular flexibility index (Phi) is 4.52. The number of fused-ring (bicyclic) bond motifs is 1. The molecule has 0 radical (unpaired) electrons. The van der Waals surface area contributed by atoms with Crippen molar-refractivity contribution in [1.82, 2.24) is 5.32 Å². The maximum Gasteiger partial charge on any atom is 0.261 e. The number of rotatable bonds is 5. The molecule has 1 aliphatic heterocycles. The van der Waals surface area contributed by atoms with Crippen molar-refractivity contribution < 1.29 is 19.0 Å². The highest BCUT2D eigenvalue weighted by Gasteiger charge is 2.16. The van der Waals surface area contributed by atoms with E-state index in [1.54, 1.807) is 31.2 Å². The lowest BCUT2D eigenvalue weighted by molar-refractivity contribution is -0.127. The highest BCUT2D eigenvalue weighted by molar-refractivity contribution is 5.80. The first-order valence-corrected chi connectivity index (χ1v) is 7.49. The number of carbonyl (C=O) groups excluding carboxylic acids is 1. The van der Waals surface area contributed by atoms with Crippen LogP contribution >= 0.6 is 0 Å². The summed E-state index contributed by atoms with van der Waals surface area (Å²) in [6, 6.07) is 14.3. The summed E-state index contributed by atoms with van der Waals surface area (Å²) in [5.41, 5.74) is 1.40. The number of hydrogen-bond donors (Lipinski definition) is 1. The fraction of sp³-hybridized carbons (Fsp3) is 0.222. The molecule has 2 aromatic carbocycles. The third-order valence-electron chi connectivity index (χ3n) is 3.55. The Morgan fingerprint density at radius 1 is 1.29 bits per heavy atom. The number of carbonyl (C=O) groups is 1. The van der Waals surface area contributed by atoms with Gasteiger partial charge in [0, 0.05) is 6.54 Å². The van der Waals surface area contributed by atoms with Crippen LogP contribution in [0.15, 0.2) is 42.5 Å². The third kappa shape index (κ3) is 3.58. The van der Waals surface area contributed by atoms with Crippen LogP contribution in [0.3, 0.4) is 0 Å². The second-order valence-electron chi connectivity index (χ2n) is 5.31. The minimum Gasteiger partial charge on any atom is -0.481 e. The van der Waals surface area contributed by atoms with E-state index < -0.39 is 6.10 Å². The van der Waals surface area contributed by atoms with Gasteiger partial charge in [0.15, 0.2) is 17.6 Å². The number of ether oxygens (including phenoxy) is 3. The Hall–Kier alpha value is -3.20. The minimum atomic E-state index is -0.673. The van der Waals surface area contributed by atoms with Crippen molar-refractivity contribution in [1.29, 1.82) is 5.26 Å². The number of nitrogens with one attached hydrogen (secondary N) is 1. The molecule has 1 aliphatic rings. The fourth-order valence-electron chi connectivity index (χ4n) is 2.28. The monoisotopic (exact) mass is 324 g/mol. The number of nitriles is 1. The van der Waals surface area contributed by atoms with Crippen molar-refractivity contribution in [3.05, 3.63) is 53.6 Å². The van der Waals surface area contributed by atoms with E-state index in [1.165, 1.54) is 0 Å². The zero-order valence-corrected chi connectivity index (χ0v) is 13.1. The van der Waals surface area contributed by atoms with E-state index in [1.807, 2.05) is 24.3 Å². The molecule has 1 N–H and O–H groups in total. The summed E-state index contributed by atoms with van der Waals surface area (Å²) in [5.74, 6) is 1.63. The topological polar surface area (TPSA) is 80.6 Å². The summed E-state index contributed by atoms with van der Waals surface area (Å²) >= 11 is 0. The van der Waals surface area contributed by atoms with Gasteiger partial charge in [0.05, 0.1) is 11.6 Å². The van der Waals surface area contributed by atoms with Gasteiger partial charge in [-0.1, -0.05) is 12.1 Å². The van der Waals surface area contributed by atoms with Gasteiger partial charge in [-0.25, -0.2) is 0 Å². The molecule has 0 aliphatic carbocycles. The van der Waals surface area contributed by atoms with Crippen LogP contribution in [0.4, 0.5) is 0 Å². The summed E-state index contributed by atoms with van der Waals surface area (Å²) in [6.45, 7) is 2.24. The molecular weight excluding hydrogens is 308 g/mol. The normalized spacial score (nSPS) is 13.0. The standard InChI is InChI=1S/C18H16N2O4/c1-12(24-15-4-2-3-13(7-15)9-19)18(21)20-10-14-5-6-16-17(8-14)23-11-22-16/h2-8,12H,10-11H2,1H3,(H,20,21)/t12-/m1/s1. The molecule has 0 unspecified atom stereocenters. The van der Waals surface area contributed by atoms with Crippen LogP contribution in [-0.2, 0) is 11.3 Å². The molecule has 1 amide bonds. The van der Waals surface area contributed by atoms with Crippen molar-refractivity contribution in [2.45, 2.75) is 19.6 Å². The summed E-state index contributed by atoms with van der Waals surface area (Å²) in [7, 11) is 0. The van der Waals surface area contributed by atoms with Crippen LogP contribution in [0.2, 0.25) is 0 Å². The molecule has 1 atom stereocenters. The van der Waals surface area contributed by atoms with E-state index in [0.29, 0.717) is 29.4 Å². The quantitative estimate of drug-likeness (QED) is 0.913. The second-order valence-corrected chi connectivity index (χ2v) is 5.31. The predicted molar refractivity (Wildman–Crippen MR) is 85.7 cm³/mol. The highest BCUT2D eigenvalue weighted by atomic mass is 16.7. The predicted octanol–water partition coefficient (Wildman–Crippen LogP) is 2.37. The first-order valence-electron chi connectivity index (χ1n) is 7.49. The number of amides is 1. The van der Waals surface area contributed by atoms with Gasteiger partial charge in [-0.15, -0.1) is 0 Å². The Balaban J connectivity index is 1.55. The van der Waals surface area contributed by atoms with Crippen LogP contribution < -0.4 is 19.5 Å². The summed E-state index contributed by atoms with van der Waals surface area (Å²) < 4.78 is 16.1. The van der Waals surface area contributed by atoms with E-state index in [2.05, 4.69) is 5.32 Å². The van der Waals surface area contributed by atoms with Crippen LogP contribution in [0, 0.1) is 11.3 Å². The summed E-state index contributed by atoms with van der Waals surface area (Å²) in [6.07, 6.45) is -0.673. The van der Waals surface area contributed by atoms with Crippen molar-refractivity contribution in [2.75, 3.05) is 6.79 Å². The van der Waals surface area contributed by atoms with Crippen molar-refractivity contribution in [2.24, 2.45) is 0 Å². The van der Waals surface area contributed by atoms with E-state index in [0.717, 1.165) is 5.56 Å². The third-order valence-corrected chi connectivity index (χ3v) is 3.55. The smallest absolute Gasteiger partial charge is 0.261 e. The molecule has 0 bridgehead atoms. The van der Waals surface area contributed by atoms with Gasteiger partial charge >= 0.3 is 0 Å². The zero-order chi connectivity index (χ0) is 16.9. The van der Waals surface area contributed by atoms with E-state index in [4.69, 9.17) is 19.5 Å². The fourth-order valence-corrected chi connectivity index (χ4v) is 2.28. The Labute approximate surface area is 139 Å². The molecule has 6 nitrogen and oxygen atoms in total. The Bertz CT molecular complexity index is 798. The van der Waals surface area contributed by atoms with Gasteiger partial charge in [0.2, 0.25) is 6.79 Å². The molecule has 24 heavy (non-hydrogen) atoms. The molecule has 6 heteroatoms. The second kappa shape index (κ2) is 6.92. The largest absolute Gasteiger partial charge is 0.481 e. The Morgan fingerprint density at radius 3 is 2.96 bits per heavy atom. The first kappa shape index (κ1) is 15.7. The highest BCUT2D eigenvalue weighted by Crippen LogP contribution is 2.32. The maximum atomic E-state index is 12.2. The van der Waals surface area contributed by atoms with E-state index in [-0.39, 0.29) is 12.7 Å². The van der Waals surface area contributed by atoms with Gasteiger partial charge in [-0.05, 0) is 42.8 Å². The van der Waals surface area contributed by atoms with Gasteiger partial charge < -0.3 is 19.5 Å². The van der Waals surface area contributed by atoms with Crippen molar-refractivity contribution in [3.63, 3.8) is 0 Å². The molecule has 122 valence electrons. The molecule has 0 saturated heterocycles.